The van der Waals surface area contributed by atoms with E-state index in [0.717, 1.165) is 30.6 Å². The molecule has 0 saturated carbocycles. The number of amides is 3. The maximum atomic E-state index is 12.8. The van der Waals surface area contributed by atoms with Gasteiger partial charge in [-0.05, 0) is 36.6 Å². The molecule has 3 heterocycles. The van der Waals surface area contributed by atoms with Gasteiger partial charge in [0.25, 0.3) is 5.91 Å². The summed E-state index contributed by atoms with van der Waals surface area (Å²) in [5.41, 5.74) is 2.77. The molecule has 7 heteroatoms. The summed E-state index contributed by atoms with van der Waals surface area (Å²) < 4.78 is 0. The third-order valence-electron chi connectivity index (χ3n) is 5.32. The molecule has 1 aromatic rings. The highest BCUT2D eigenvalue weighted by atomic mass is 16.2. The Morgan fingerprint density at radius 2 is 2.08 bits per heavy atom. The number of fused-ring (bicyclic) bond motifs is 1. The Labute approximate surface area is 146 Å². The number of nitrogens with one attached hydrogen (secondary N) is 3. The number of hydrogen-bond acceptors (Lipinski definition) is 5. The molecule has 1 unspecified atom stereocenters. The van der Waals surface area contributed by atoms with Crippen LogP contribution in [-0.2, 0) is 22.7 Å². The summed E-state index contributed by atoms with van der Waals surface area (Å²) in [5.74, 6) is -0.747. The number of nitrogens with zero attached hydrogens (tertiary/aromatic N) is 1. The molecular formula is C18H22N4O3. The van der Waals surface area contributed by atoms with Crippen molar-refractivity contribution in [2.24, 2.45) is 0 Å². The van der Waals surface area contributed by atoms with Crippen LogP contribution in [0.15, 0.2) is 18.2 Å². The molecule has 4 rings (SSSR count). The van der Waals surface area contributed by atoms with Gasteiger partial charge in [0.2, 0.25) is 11.8 Å². The van der Waals surface area contributed by atoms with Crippen LogP contribution in [0.5, 0.6) is 0 Å². The van der Waals surface area contributed by atoms with Gasteiger partial charge in [0.15, 0.2) is 0 Å². The van der Waals surface area contributed by atoms with Crippen molar-refractivity contribution in [1.29, 1.82) is 0 Å². The van der Waals surface area contributed by atoms with Crippen LogP contribution in [0, 0.1) is 0 Å². The van der Waals surface area contributed by atoms with Crippen molar-refractivity contribution in [3.8, 4) is 0 Å². The molecule has 7 nitrogen and oxygen atoms in total. The molecule has 2 atom stereocenters. The van der Waals surface area contributed by atoms with E-state index in [1.807, 2.05) is 18.2 Å². The Bertz CT molecular complexity index is 727. The lowest BCUT2D eigenvalue weighted by Crippen LogP contribution is -2.52. The van der Waals surface area contributed by atoms with Crippen LogP contribution in [0.4, 0.5) is 0 Å². The van der Waals surface area contributed by atoms with Crippen molar-refractivity contribution in [3.63, 3.8) is 0 Å². The number of benzene rings is 1. The van der Waals surface area contributed by atoms with E-state index in [0.29, 0.717) is 31.1 Å². The first-order chi connectivity index (χ1) is 12.1. The molecule has 25 heavy (non-hydrogen) atoms. The van der Waals surface area contributed by atoms with Crippen LogP contribution in [0.25, 0.3) is 0 Å². The molecule has 3 aliphatic rings. The first-order valence-corrected chi connectivity index (χ1v) is 8.83. The Balaban J connectivity index is 1.51. The van der Waals surface area contributed by atoms with Gasteiger partial charge in [-0.25, -0.2) is 0 Å². The minimum atomic E-state index is -0.558. The lowest BCUT2D eigenvalue weighted by Gasteiger charge is -2.29. The van der Waals surface area contributed by atoms with Gasteiger partial charge >= 0.3 is 0 Å². The molecule has 1 aromatic carbocycles. The molecule has 3 aliphatic heterocycles. The monoisotopic (exact) mass is 342 g/mol. The van der Waals surface area contributed by atoms with Gasteiger partial charge in [-0.1, -0.05) is 12.1 Å². The smallest absolute Gasteiger partial charge is 0.255 e. The summed E-state index contributed by atoms with van der Waals surface area (Å²) >= 11 is 0. The number of rotatable bonds is 4. The average molecular weight is 342 g/mol. The first kappa shape index (κ1) is 16.2. The van der Waals surface area contributed by atoms with E-state index < -0.39 is 6.04 Å². The SMILES string of the molecule is O=C1CCC(N2Cc3c(CN[C@@H]4CCNC4)cccc3C2=O)C(=O)N1. The van der Waals surface area contributed by atoms with Crippen molar-refractivity contribution in [3.05, 3.63) is 34.9 Å². The quantitative estimate of drug-likeness (QED) is 0.665. The summed E-state index contributed by atoms with van der Waals surface area (Å²) in [5, 5.41) is 9.20. The molecule has 3 amide bonds. The van der Waals surface area contributed by atoms with Crippen LogP contribution >= 0.6 is 0 Å². The van der Waals surface area contributed by atoms with Crippen LogP contribution in [0.3, 0.4) is 0 Å². The summed E-state index contributed by atoms with van der Waals surface area (Å²) in [6, 6.07) is 5.66. The fourth-order valence-electron chi connectivity index (χ4n) is 3.90. The zero-order chi connectivity index (χ0) is 17.4. The van der Waals surface area contributed by atoms with Crippen LogP contribution in [0.1, 0.15) is 40.7 Å². The van der Waals surface area contributed by atoms with E-state index in [2.05, 4.69) is 16.0 Å². The van der Waals surface area contributed by atoms with Crippen molar-refractivity contribution in [2.45, 2.75) is 44.4 Å². The molecular weight excluding hydrogens is 320 g/mol. The zero-order valence-corrected chi connectivity index (χ0v) is 14.0. The van der Waals surface area contributed by atoms with Crippen LogP contribution in [0.2, 0.25) is 0 Å². The maximum absolute atomic E-state index is 12.8. The topological polar surface area (TPSA) is 90.5 Å². The summed E-state index contributed by atoms with van der Waals surface area (Å²) in [4.78, 5) is 37.8. The highest BCUT2D eigenvalue weighted by molar-refractivity contribution is 6.05. The van der Waals surface area contributed by atoms with Gasteiger partial charge in [0, 0.05) is 37.7 Å². The molecule has 0 aromatic heterocycles. The third-order valence-corrected chi connectivity index (χ3v) is 5.32. The number of hydrogen-bond donors (Lipinski definition) is 3. The normalized spacial score (nSPS) is 26.1. The van der Waals surface area contributed by atoms with Crippen LogP contribution < -0.4 is 16.0 Å². The Morgan fingerprint density at radius 3 is 2.84 bits per heavy atom. The molecule has 0 spiro atoms. The van der Waals surface area contributed by atoms with E-state index in [1.54, 1.807) is 4.90 Å². The second kappa shape index (κ2) is 6.57. The molecule has 0 radical (unpaired) electrons. The van der Waals surface area contributed by atoms with E-state index in [9.17, 15) is 14.4 Å². The van der Waals surface area contributed by atoms with Gasteiger partial charge in [0.1, 0.15) is 6.04 Å². The zero-order valence-electron chi connectivity index (χ0n) is 14.0. The predicted octanol–water partition coefficient (Wildman–Crippen LogP) is -0.101. The molecule has 0 bridgehead atoms. The second-order valence-electron chi connectivity index (χ2n) is 6.91. The molecule has 2 fully saturated rings. The minimum Gasteiger partial charge on any atom is -0.322 e. The largest absolute Gasteiger partial charge is 0.322 e. The van der Waals surface area contributed by atoms with Gasteiger partial charge in [-0.3, -0.25) is 19.7 Å². The van der Waals surface area contributed by atoms with E-state index >= 15 is 0 Å². The predicted molar refractivity (Wildman–Crippen MR) is 90.6 cm³/mol. The Kier molecular flexibility index (Phi) is 4.27. The summed E-state index contributed by atoms with van der Waals surface area (Å²) in [7, 11) is 0. The summed E-state index contributed by atoms with van der Waals surface area (Å²) in [6.07, 6.45) is 1.78. The number of carbonyl (C=O) groups is 3. The lowest BCUT2D eigenvalue weighted by molar-refractivity contribution is -0.136. The second-order valence-corrected chi connectivity index (χ2v) is 6.91. The molecule has 2 saturated heterocycles. The van der Waals surface area contributed by atoms with Crippen LogP contribution in [-0.4, -0.2) is 47.8 Å². The number of imide groups is 1. The van der Waals surface area contributed by atoms with Gasteiger partial charge in [0.05, 0.1) is 0 Å². The lowest BCUT2D eigenvalue weighted by atomic mass is 10.0. The third kappa shape index (κ3) is 3.05. The van der Waals surface area contributed by atoms with E-state index in [4.69, 9.17) is 0 Å². The van der Waals surface area contributed by atoms with Gasteiger partial charge in [-0.15, -0.1) is 0 Å². The highest BCUT2D eigenvalue weighted by Crippen LogP contribution is 2.29. The van der Waals surface area contributed by atoms with Gasteiger partial charge < -0.3 is 15.5 Å². The Hall–Kier alpha value is -2.25. The number of piperidine rings is 1. The van der Waals surface area contributed by atoms with E-state index in [1.165, 1.54) is 0 Å². The highest BCUT2D eigenvalue weighted by Gasteiger charge is 2.39. The molecule has 132 valence electrons. The fraction of sp³-hybridized carbons (Fsp3) is 0.500. The first-order valence-electron chi connectivity index (χ1n) is 8.83. The fourth-order valence-corrected chi connectivity index (χ4v) is 3.90. The van der Waals surface area contributed by atoms with Crippen molar-refractivity contribution in [1.82, 2.24) is 20.9 Å². The average Bonchev–Trinajstić information content (AvgIpc) is 3.22. The van der Waals surface area contributed by atoms with Crippen molar-refractivity contribution >= 4 is 17.7 Å². The summed E-state index contributed by atoms with van der Waals surface area (Å²) in [6.45, 7) is 3.15. The van der Waals surface area contributed by atoms with Gasteiger partial charge in [-0.2, -0.15) is 0 Å². The molecule has 3 N–H and O–H groups in total. The Morgan fingerprint density at radius 1 is 1.20 bits per heavy atom. The maximum Gasteiger partial charge on any atom is 0.255 e. The standard InChI is InChI=1S/C18H22N4O3/c23-16-5-4-15(17(24)21-16)22-10-14-11(2-1-3-13(14)18(22)25)8-20-12-6-7-19-9-12/h1-3,12,15,19-20H,4-10H2,(H,21,23,24)/t12-,15?/m1/s1. The van der Waals surface area contributed by atoms with Crippen molar-refractivity contribution in [2.75, 3.05) is 13.1 Å². The molecule has 0 aliphatic carbocycles. The number of carbonyl (C=O) groups excluding carboxylic acids is 3. The minimum absolute atomic E-state index is 0.117. The van der Waals surface area contributed by atoms with E-state index in [-0.39, 0.29) is 24.1 Å². The van der Waals surface area contributed by atoms with Crippen molar-refractivity contribution < 1.29 is 14.4 Å².